The summed E-state index contributed by atoms with van der Waals surface area (Å²) in [6.07, 6.45) is 2.48. The van der Waals surface area contributed by atoms with Crippen molar-refractivity contribution in [3.05, 3.63) is 0 Å². The Morgan fingerprint density at radius 2 is 2.29 bits per heavy atom. The van der Waals surface area contributed by atoms with Crippen LogP contribution in [0.4, 0.5) is 0 Å². The highest BCUT2D eigenvalue weighted by Gasteiger charge is 2.38. The average molecular weight is 241 g/mol. The zero-order valence-electron chi connectivity index (χ0n) is 10.8. The molecule has 2 rings (SSSR count). The fourth-order valence-electron chi connectivity index (χ4n) is 2.95. The highest BCUT2D eigenvalue weighted by molar-refractivity contribution is 5.80. The second-order valence-corrected chi connectivity index (χ2v) is 5.29. The number of likely N-dealkylation sites (tertiary alicyclic amines) is 1. The second kappa shape index (κ2) is 5.36. The van der Waals surface area contributed by atoms with Gasteiger partial charge in [-0.3, -0.25) is 4.79 Å². The lowest BCUT2D eigenvalue weighted by Gasteiger charge is -2.23. The van der Waals surface area contributed by atoms with Gasteiger partial charge >= 0.3 is 0 Å². The molecule has 0 aromatic rings. The van der Waals surface area contributed by atoms with Gasteiger partial charge in [0.2, 0.25) is 5.91 Å². The highest BCUT2D eigenvalue weighted by Crippen LogP contribution is 2.28. The fraction of sp³-hybridized carbons (Fsp3) is 0.923. The molecule has 0 aliphatic carbocycles. The minimum absolute atomic E-state index is 0.0488. The molecule has 0 aromatic heterocycles. The van der Waals surface area contributed by atoms with Crippen molar-refractivity contribution in [2.24, 2.45) is 11.8 Å². The Bertz CT molecular complexity index is 280. The minimum Gasteiger partial charge on any atom is -0.393 e. The van der Waals surface area contributed by atoms with Gasteiger partial charge in [0.25, 0.3) is 0 Å². The standard InChI is InChI=1S/C13H23NO3/c1-3-12-11(5-7-17-12)13(16)14-6-4-10(8-14)9(2)15/h9-12,15H,3-8H2,1-2H3. The molecule has 0 saturated carbocycles. The summed E-state index contributed by atoms with van der Waals surface area (Å²) in [7, 11) is 0. The van der Waals surface area contributed by atoms with E-state index >= 15 is 0 Å². The molecule has 1 N–H and O–H groups in total. The quantitative estimate of drug-likeness (QED) is 0.803. The lowest BCUT2D eigenvalue weighted by atomic mass is 9.98. The molecule has 0 bridgehead atoms. The van der Waals surface area contributed by atoms with Gasteiger partial charge in [-0.1, -0.05) is 6.92 Å². The molecular weight excluding hydrogens is 218 g/mol. The Kier molecular flexibility index (Phi) is 4.05. The van der Waals surface area contributed by atoms with Gasteiger partial charge in [0.05, 0.1) is 18.1 Å². The molecule has 0 spiro atoms. The Morgan fingerprint density at radius 3 is 2.88 bits per heavy atom. The van der Waals surface area contributed by atoms with Crippen molar-refractivity contribution in [2.45, 2.75) is 45.3 Å². The van der Waals surface area contributed by atoms with Gasteiger partial charge < -0.3 is 14.7 Å². The maximum atomic E-state index is 12.3. The van der Waals surface area contributed by atoms with Crippen molar-refractivity contribution in [1.82, 2.24) is 4.90 Å². The molecule has 2 heterocycles. The number of aliphatic hydroxyl groups is 1. The summed E-state index contributed by atoms with van der Waals surface area (Å²) < 4.78 is 5.57. The maximum absolute atomic E-state index is 12.3. The van der Waals surface area contributed by atoms with E-state index in [1.165, 1.54) is 0 Å². The van der Waals surface area contributed by atoms with Crippen molar-refractivity contribution in [2.75, 3.05) is 19.7 Å². The Hall–Kier alpha value is -0.610. The smallest absolute Gasteiger partial charge is 0.228 e. The van der Waals surface area contributed by atoms with Gasteiger partial charge in [0.15, 0.2) is 0 Å². The summed E-state index contributed by atoms with van der Waals surface area (Å²) in [5.41, 5.74) is 0. The van der Waals surface area contributed by atoms with Crippen molar-refractivity contribution in [3.8, 4) is 0 Å². The molecule has 4 heteroatoms. The molecule has 0 radical (unpaired) electrons. The van der Waals surface area contributed by atoms with E-state index in [1.807, 2.05) is 11.8 Å². The van der Waals surface area contributed by atoms with Crippen molar-refractivity contribution < 1.29 is 14.6 Å². The molecule has 1 amide bonds. The van der Waals surface area contributed by atoms with E-state index < -0.39 is 0 Å². The van der Waals surface area contributed by atoms with Crippen molar-refractivity contribution >= 4 is 5.91 Å². The Balaban J connectivity index is 1.92. The zero-order valence-corrected chi connectivity index (χ0v) is 10.8. The molecule has 0 aromatic carbocycles. The summed E-state index contributed by atoms with van der Waals surface area (Å²) in [4.78, 5) is 14.3. The number of ether oxygens (including phenoxy) is 1. The Labute approximate surface area is 103 Å². The maximum Gasteiger partial charge on any atom is 0.228 e. The lowest BCUT2D eigenvalue weighted by molar-refractivity contribution is -0.136. The molecule has 4 nitrogen and oxygen atoms in total. The lowest BCUT2D eigenvalue weighted by Crippen LogP contribution is -2.38. The van der Waals surface area contributed by atoms with E-state index in [-0.39, 0.29) is 30.0 Å². The van der Waals surface area contributed by atoms with Crippen LogP contribution in [0, 0.1) is 11.8 Å². The number of carbonyl (C=O) groups excluding carboxylic acids is 1. The summed E-state index contributed by atoms with van der Waals surface area (Å²) in [6, 6.07) is 0. The van der Waals surface area contributed by atoms with Gasteiger partial charge in [0, 0.05) is 25.6 Å². The number of aliphatic hydroxyl groups excluding tert-OH is 1. The monoisotopic (exact) mass is 241 g/mol. The fourth-order valence-corrected chi connectivity index (χ4v) is 2.95. The predicted octanol–water partition coefficient (Wildman–Crippen LogP) is 1.03. The first-order valence-corrected chi connectivity index (χ1v) is 6.72. The second-order valence-electron chi connectivity index (χ2n) is 5.29. The first-order chi connectivity index (χ1) is 8.13. The number of carbonyl (C=O) groups is 1. The predicted molar refractivity (Wildman–Crippen MR) is 64.5 cm³/mol. The summed E-state index contributed by atoms with van der Waals surface area (Å²) >= 11 is 0. The van der Waals surface area contributed by atoms with Crippen LogP contribution in [-0.4, -0.2) is 47.8 Å². The molecule has 17 heavy (non-hydrogen) atoms. The van der Waals surface area contributed by atoms with Crippen LogP contribution in [0.2, 0.25) is 0 Å². The van der Waals surface area contributed by atoms with Crippen LogP contribution in [0.3, 0.4) is 0 Å². The van der Waals surface area contributed by atoms with Crippen LogP contribution in [0.1, 0.15) is 33.1 Å². The number of nitrogens with zero attached hydrogens (tertiary/aromatic N) is 1. The summed E-state index contributed by atoms with van der Waals surface area (Å²) in [6.45, 7) is 6.10. The van der Waals surface area contributed by atoms with E-state index in [1.54, 1.807) is 0 Å². The van der Waals surface area contributed by atoms with E-state index in [9.17, 15) is 9.90 Å². The van der Waals surface area contributed by atoms with Gasteiger partial charge in [-0.25, -0.2) is 0 Å². The van der Waals surface area contributed by atoms with Crippen LogP contribution in [-0.2, 0) is 9.53 Å². The van der Waals surface area contributed by atoms with Crippen molar-refractivity contribution in [1.29, 1.82) is 0 Å². The van der Waals surface area contributed by atoms with Crippen LogP contribution >= 0.6 is 0 Å². The SMILES string of the molecule is CCC1OCCC1C(=O)N1CCC(C(C)O)C1. The minimum atomic E-state index is -0.311. The van der Waals surface area contributed by atoms with Gasteiger partial charge in [-0.2, -0.15) is 0 Å². The van der Waals surface area contributed by atoms with Gasteiger partial charge in [-0.05, 0) is 26.2 Å². The number of rotatable bonds is 3. The first-order valence-electron chi connectivity index (χ1n) is 6.72. The average Bonchev–Trinajstić information content (AvgIpc) is 2.96. The van der Waals surface area contributed by atoms with Crippen molar-refractivity contribution in [3.63, 3.8) is 0 Å². The molecule has 2 fully saturated rings. The van der Waals surface area contributed by atoms with E-state index in [0.29, 0.717) is 13.2 Å². The topological polar surface area (TPSA) is 49.8 Å². The van der Waals surface area contributed by atoms with E-state index in [0.717, 1.165) is 25.8 Å². The molecule has 2 aliphatic heterocycles. The third kappa shape index (κ3) is 2.63. The van der Waals surface area contributed by atoms with E-state index in [4.69, 9.17) is 4.74 Å². The van der Waals surface area contributed by atoms with Crippen LogP contribution in [0.5, 0.6) is 0 Å². The van der Waals surface area contributed by atoms with Gasteiger partial charge in [0.1, 0.15) is 0 Å². The van der Waals surface area contributed by atoms with Crippen LogP contribution in [0.15, 0.2) is 0 Å². The first kappa shape index (κ1) is 12.8. The molecule has 4 atom stereocenters. The largest absolute Gasteiger partial charge is 0.393 e. The normalized spacial score (nSPS) is 35.2. The number of hydrogen-bond donors (Lipinski definition) is 1. The van der Waals surface area contributed by atoms with Crippen LogP contribution < -0.4 is 0 Å². The molecule has 2 aliphatic rings. The van der Waals surface area contributed by atoms with Crippen LogP contribution in [0.25, 0.3) is 0 Å². The number of hydrogen-bond acceptors (Lipinski definition) is 3. The third-order valence-corrected chi connectivity index (χ3v) is 4.15. The molecule has 98 valence electrons. The summed E-state index contributed by atoms with van der Waals surface area (Å²) in [5.74, 6) is 0.534. The van der Waals surface area contributed by atoms with Gasteiger partial charge in [-0.15, -0.1) is 0 Å². The number of amides is 1. The Morgan fingerprint density at radius 1 is 1.53 bits per heavy atom. The molecule has 2 saturated heterocycles. The summed E-state index contributed by atoms with van der Waals surface area (Å²) in [5, 5.41) is 9.55. The van der Waals surface area contributed by atoms with E-state index in [2.05, 4.69) is 6.92 Å². The third-order valence-electron chi connectivity index (χ3n) is 4.15. The highest BCUT2D eigenvalue weighted by atomic mass is 16.5. The zero-order chi connectivity index (χ0) is 12.4. The molecular formula is C13H23NO3. The molecule has 4 unspecified atom stereocenters.